The summed E-state index contributed by atoms with van der Waals surface area (Å²) in [7, 11) is 0. The quantitative estimate of drug-likeness (QED) is 0.266. The minimum atomic E-state index is -0.233. The largest absolute Gasteiger partial charge is 0.332 e. The number of H-pyrrole nitrogens is 1. The molecular weight excluding hydrogens is 504 g/mol. The molecule has 5 aromatic rings. The van der Waals surface area contributed by atoms with Crippen LogP contribution >= 0.6 is 0 Å². The van der Waals surface area contributed by atoms with E-state index in [-0.39, 0.29) is 11.2 Å². The number of hydrogen-bond donors (Lipinski definition) is 1. The smallest absolute Gasteiger partial charge is 0.318 e. The van der Waals surface area contributed by atoms with Crippen LogP contribution in [0.3, 0.4) is 0 Å². The molecule has 0 radical (unpaired) electrons. The van der Waals surface area contributed by atoms with Crippen molar-refractivity contribution < 1.29 is 0 Å². The maximum Gasteiger partial charge on any atom is 0.332 e. The van der Waals surface area contributed by atoms with Crippen LogP contribution in [0.15, 0.2) is 58.1 Å². The molecule has 6 rings (SSSR count). The molecule has 10 heteroatoms. The second kappa shape index (κ2) is 11.0. The number of fused-ring (bicyclic) bond motifs is 1. The number of aromatic amines is 1. The van der Waals surface area contributed by atoms with E-state index in [1.165, 1.54) is 4.57 Å². The number of nitrogens with one attached hydrogen (secondary N) is 1. The van der Waals surface area contributed by atoms with Crippen LogP contribution in [0.1, 0.15) is 57.3 Å². The first-order valence-electron chi connectivity index (χ1n) is 14.2. The Morgan fingerprint density at radius 1 is 0.925 bits per heavy atom. The van der Waals surface area contributed by atoms with Crippen LogP contribution in [-0.4, -0.2) is 39.3 Å². The van der Waals surface area contributed by atoms with Crippen LogP contribution in [-0.2, 0) is 26.1 Å². The van der Waals surface area contributed by atoms with Gasteiger partial charge < -0.3 is 4.57 Å². The highest BCUT2D eigenvalue weighted by atomic mass is 16.2. The molecule has 0 bridgehead atoms. The number of rotatable bonds is 11. The zero-order chi connectivity index (χ0) is 27.6. The zero-order valence-corrected chi connectivity index (χ0v) is 23.0. The number of hydrogen-bond acceptors (Lipinski definition) is 6. The first-order valence-corrected chi connectivity index (χ1v) is 14.2. The Balaban J connectivity index is 1.42. The number of aryl methyl sites for hydroxylation is 2. The molecule has 1 aliphatic rings. The molecule has 3 heterocycles. The van der Waals surface area contributed by atoms with Crippen LogP contribution in [0.4, 0.5) is 0 Å². The Kier molecular flexibility index (Phi) is 7.15. The molecule has 1 saturated carbocycles. The van der Waals surface area contributed by atoms with E-state index in [0.29, 0.717) is 42.5 Å². The molecule has 2 aromatic carbocycles. The standard InChI is InChI=1S/C30H34N8O2/c1-3-5-10-25-31-28-26(29(39)38(19-20-11-12-20)30(40)36(28)17-4-2)37(25)18-21-13-15-22(16-14-21)23-8-6-7-9-24(23)27-32-34-35-33-27/h6-9,13-16,20H,3-5,10-12,17-19H2,1-2H3,(H,32,33,34,35). The van der Waals surface area contributed by atoms with Crippen molar-refractivity contribution in [1.29, 1.82) is 0 Å². The van der Waals surface area contributed by atoms with Crippen molar-refractivity contribution in [1.82, 2.24) is 39.3 Å². The monoisotopic (exact) mass is 538 g/mol. The molecular formula is C30H34N8O2. The highest BCUT2D eigenvalue weighted by molar-refractivity contribution is 5.80. The molecule has 1 N–H and O–H groups in total. The minimum Gasteiger partial charge on any atom is -0.318 e. The van der Waals surface area contributed by atoms with Crippen LogP contribution in [0.25, 0.3) is 33.7 Å². The molecule has 1 fully saturated rings. The van der Waals surface area contributed by atoms with Gasteiger partial charge in [0.15, 0.2) is 17.0 Å². The molecule has 0 aliphatic heterocycles. The number of nitrogens with zero attached hydrogens (tertiary/aromatic N) is 7. The van der Waals surface area contributed by atoms with E-state index < -0.39 is 0 Å². The summed E-state index contributed by atoms with van der Waals surface area (Å²) in [6.45, 7) is 5.73. The molecule has 0 saturated heterocycles. The molecule has 0 amide bonds. The van der Waals surface area contributed by atoms with Crippen molar-refractivity contribution in [2.24, 2.45) is 5.92 Å². The van der Waals surface area contributed by atoms with E-state index in [1.807, 2.05) is 29.7 Å². The number of tetrazole rings is 1. The summed E-state index contributed by atoms with van der Waals surface area (Å²) in [5.74, 6) is 1.89. The zero-order valence-electron chi connectivity index (χ0n) is 23.0. The van der Waals surface area contributed by atoms with E-state index in [4.69, 9.17) is 4.98 Å². The highest BCUT2D eigenvalue weighted by Gasteiger charge is 2.27. The summed E-state index contributed by atoms with van der Waals surface area (Å²) in [5.41, 5.74) is 4.64. The van der Waals surface area contributed by atoms with Crippen molar-refractivity contribution in [2.45, 2.75) is 72.0 Å². The summed E-state index contributed by atoms with van der Waals surface area (Å²) in [5, 5.41) is 14.4. The SMILES string of the molecule is CCCCc1nc2c(c(=O)n(CC3CC3)c(=O)n2CCC)n1Cc1ccc(-c2ccccc2-c2nnn[nH]2)cc1. The van der Waals surface area contributed by atoms with Gasteiger partial charge in [-0.2, -0.15) is 0 Å². The van der Waals surface area contributed by atoms with Gasteiger partial charge in [-0.15, -0.1) is 5.10 Å². The third-order valence-corrected chi connectivity index (χ3v) is 7.67. The van der Waals surface area contributed by atoms with Gasteiger partial charge in [-0.05, 0) is 58.7 Å². The highest BCUT2D eigenvalue weighted by Crippen LogP contribution is 2.31. The average molecular weight is 539 g/mol. The maximum absolute atomic E-state index is 13.8. The fourth-order valence-electron chi connectivity index (χ4n) is 5.36. The maximum atomic E-state index is 13.8. The van der Waals surface area contributed by atoms with E-state index in [1.54, 1.807) is 4.57 Å². The molecule has 40 heavy (non-hydrogen) atoms. The lowest BCUT2D eigenvalue weighted by molar-refractivity contribution is 0.531. The summed E-state index contributed by atoms with van der Waals surface area (Å²) in [6, 6.07) is 16.3. The predicted octanol–water partition coefficient (Wildman–Crippen LogP) is 4.42. The third-order valence-electron chi connectivity index (χ3n) is 7.67. The van der Waals surface area contributed by atoms with Crippen molar-refractivity contribution in [3.8, 4) is 22.5 Å². The topological polar surface area (TPSA) is 116 Å². The van der Waals surface area contributed by atoms with Gasteiger partial charge in [0.05, 0.1) is 0 Å². The van der Waals surface area contributed by atoms with Gasteiger partial charge in [-0.1, -0.05) is 68.8 Å². The first kappa shape index (κ1) is 25.9. The van der Waals surface area contributed by atoms with E-state index in [0.717, 1.165) is 66.6 Å². The van der Waals surface area contributed by atoms with Crippen LogP contribution in [0.5, 0.6) is 0 Å². The van der Waals surface area contributed by atoms with Crippen molar-refractivity contribution >= 4 is 11.2 Å². The van der Waals surface area contributed by atoms with E-state index in [2.05, 4.69) is 57.9 Å². The Hall–Kier alpha value is -4.34. The predicted molar refractivity (Wildman–Crippen MR) is 154 cm³/mol. The second-order valence-corrected chi connectivity index (χ2v) is 10.7. The van der Waals surface area contributed by atoms with Crippen molar-refractivity contribution in [3.05, 3.63) is 80.8 Å². The normalized spacial score (nSPS) is 13.3. The van der Waals surface area contributed by atoms with Gasteiger partial charge in [-0.25, -0.2) is 14.9 Å². The Bertz CT molecular complexity index is 1740. The number of imidazole rings is 1. The Labute approximate surface area is 231 Å². The van der Waals surface area contributed by atoms with Crippen LogP contribution < -0.4 is 11.2 Å². The Morgan fingerprint density at radius 2 is 1.70 bits per heavy atom. The van der Waals surface area contributed by atoms with Gasteiger partial charge in [0, 0.05) is 31.6 Å². The van der Waals surface area contributed by atoms with Gasteiger partial charge in [0.1, 0.15) is 5.82 Å². The molecule has 0 spiro atoms. The summed E-state index contributed by atoms with van der Waals surface area (Å²) < 4.78 is 5.21. The molecule has 10 nitrogen and oxygen atoms in total. The van der Waals surface area contributed by atoms with Crippen LogP contribution in [0, 0.1) is 5.92 Å². The third kappa shape index (κ3) is 4.89. The number of unbranched alkanes of at least 4 members (excludes halogenated alkanes) is 1. The average Bonchev–Trinajstić information content (AvgIpc) is 3.49. The van der Waals surface area contributed by atoms with Crippen molar-refractivity contribution in [3.63, 3.8) is 0 Å². The lowest BCUT2D eigenvalue weighted by Gasteiger charge is -2.13. The minimum absolute atomic E-state index is 0.222. The molecule has 0 atom stereocenters. The first-order chi connectivity index (χ1) is 19.6. The summed E-state index contributed by atoms with van der Waals surface area (Å²) in [4.78, 5) is 32.1. The van der Waals surface area contributed by atoms with Crippen LogP contribution in [0.2, 0.25) is 0 Å². The van der Waals surface area contributed by atoms with E-state index in [9.17, 15) is 9.59 Å². The summed E-state index contributed by atoms with van der Waals surface area (Å²) >= 11 is 0. The second-order valence-electron chi connectivity index (χ2n) is 10.7. The Morgan fingerprint density at radius 3 is 2.38 bits per heavy atom. The molecule has 0 unspecified atom stereocenters. The van der Waals surface area contributed by atoms with Gasteiger partial charge in [0.2, 0.25) is 0 Å². The van der Waals surface area contributed by atoms with Gasteiger partial charge in [0.25, 0.3) is 5.56 Å². The van der Waals surface area contributed by atoms with Gasteiger partial charge >= 0.3 is 5.69 Å². The lowest BCUT2D eigenvalue weighted by atomic mass is 9.98. The molecule has 206 valence electrons. The molecule has 3 aromatic heterocycles. The fraction of sp³-hybridized carbons (Fsp3) is 0.400. The van der Waals surface area contributed by atoms with E-state index >= 15 is 0 Å². The lowest BCUT2D eigenvalue weighted by Crippen LogP contribution is -2.41. The van der Waals surface area contributed by atoms with Crippen molar-refractivity contribution in [2.75, 3.05) is 0 Å². The van der Waals surface area contributed by atoms with Gasteiger partial charge in [-0.3, -0.25) is 13.9 Å². The molecule has 1 aliphatic carbocycles. The summed E-state index contributed by atoms with van der Waals surface area (Å²) in [6.07, 6.45) is 5.67. The number of benzene rings is 2. The number of aromatic nitrogens is 8. The fourth-order valence-corrected chi connectivity index (χ4v) is 5.36.